The highest BCUT2D eigenvalue weighted by Crippen LogP contribution is 2.54. The lowest BCUT2D eigenvalue weighted by atomic mass is 9.92. The maximum absolute atomic E-state index is 9.30. The summed E-state index contributed by atoms with van der Waals surface area (Å²) in [6, 6.07) is 8.77. The standard InChI is InChI=1S/C14H15NO/c1-10-8-14(10,9-15)12-4-5-13-11(7-12)3-2-6-16-13/h4-5,7,10H,2-3,6,8H2,1H3. The summed E-state index contributed by atoms with van der Waals surface area (Å²) in [5.74, 6) is 1.51. The zero-order chi connectivity index (χ0) is 11.2. The third kappa shape index (κ3) is 1.24. The largest absolute Gasteiger partial charge is 0.493 e. The lowest BCUT2D eigenvalue weighted by Crippen LogP contribution is -2.11. The molecule has 1 aliphatic carbocycles. The van der Waals surface area contributed by atoms with Crippen molar-refractivity contribution in [3.8, 4) is 11.8 Å². The second-order valence-electron chi connectivity index (χ2n) is 4.96. The van der Waals surface area contributed by atoms with Crippen LogP contribution in [-0.4, -0.2) is 6.61 Å². The van der Waals surface area contributed by atoms with Crippen LogP contribution in [0, 0.1) is 17.2 Å². The first-order valence-electron chi connectivity index (χ1n) is 5.94. The van der Waals surface area contributed by atoms with E-state index in [4.69, 9.17) is 4.74 Å². The fraction of sp³-hybridized carbons (Fsp3) is 0.500. The fourth-order valence-corrected chi connectivity index (χ4v) is 2.68. The van der Waals surface area contributed by atoms with Crippen molar-refractivity contribution in [3.63, 3.8) is 0 Å². The lowest BCUT2D eigenvalue weighted by Gasteiger charge is -2.19. The van der Waals surface area contributed by atoms with E-state index in [2.05, 4.69) is 25.1 Å². The van der Waals surface area contributed by atoms with Crippen molar-refractivity contribution < 1.29 is 4.74 Å². The Bertz CT molecular complexity index is 474. The van der Waals surface area contributed by atoms with Crippen LogP contribution in [0.1, 0.15) is 30.9 Å². The van der Waals surface area contributed by atoms with Gasteiger partial charge in [0.25, 0.3) is 0 Å². The van der Waals surface area contributed by atoms with E-state index >= 15 is 0 Å². The molecular formula is C14H15NO. The minimum Gasteiger partial charge on any atom is -0.493 e. The number of hydrogen-bond donors (Lipinski definition) is 0. The molecule has 1 fully saturated rings. The molecule has 0 N–H and O–H groups in total. The normalized spacial score (nSPS) is 31.1. The quantitative estimate of drug-likeness (QED) is 0.718. The number of benzene rings is 1. The number of ether oxygens (including phenoxy) is 1. The highest BCUT2D eigenvalue weighted by molar-refractivity contribution is 5.47. The highest BCUT2D eigenvalue weighted by Gasteiger charge is 2.53. The van der Waals surface area contributed by atoms with Crippen molar-refractivity contribution in [2.45, 2.75) is 31.6 Å². The van der Waals surface area contributed by atoms with Crippen LogP contribution < -0.4 is 4.74 Å². The molecule has 2 heteroatoms. The van der Waals surface area contributed by atoms with E-state index in [1.54, 1.807) is 0 Å². The highest BCUT2D eigenvalue weighted by atomic mass is 16.5. The number of aryl methyl sites for hydroxylation is 1. The van der Waals surface area contributed by atoms with Gasteiger partial charge in [0.05, 0.1) is 18.1 Å². The van der Waals surface area contributed by atoms with E-state index in [9.17, 15) is 5.26 Å². The molecule has 0 spiro atoms. The Labute approximate surface area is 95.8 Å². The number of fused-ring (bicyclic) bond motifs is 1. The number of nitrogens with zero attached hydrogens (tertiary/aromatic N) is 1. The molecule has 0 radical (unpaired) electrons. The van der Waals surface area contributed by atoms with Gasteiger partial charge in [-0.15, -0.1) is 0 Å². The third-order valence-corrected chi connectivity index (χ3v) is 3.93. The fourth-order valence-electron chi connectivity index (χ4n) is 2.68. The van der Waals surface area contributed by atoms with Gasteiger partial charge in [-0.25, -0.2) is 0 Å². The van der Waals surface area contributed by atoms with Crippen molar-refractivity contribution in [1.82, 2.24) is 0 Å². The number of nitriles is 1. The summed E-state index contributed by atoms with van der Waals surface area (Å²) in [6.45, 7) is 2.98. The van der Waals surface area contributed by atoms with Gasteiger partial charge in [0, 0.05) is 0 Å². The number of hydrogen-bond acceptors (Lipinski definition) is 2. The Balaban J connectivity index is 2.01. The van der Waals surface area contributed by atoms with Crippen LogP contribution >= 0.6 is 0 Å². The molecule has 2 nitrogen and oxygen atoms in total. The average molecular weight is 213 g/mol. The van der Waals surface area contributed by atoms with E-state index < -0.39 is 0 Å². The molecule has 2 unspecified atom stereocenters. The molecule has 1 saturated carbocycles. The van der Waals surface area contributed by atoms with Crippen LogP contribution in [0.25, 0.3) is 0 Å². The van der Waals surface area contributed by atoms with Crippen LogP contribution in [0.4, 0.5) is 0 Å². The molecule has 82 valence electrons. The summed E-state index contributed by atoms with van der Waals surface area (Å²) in [5, 5.41) is 9.30. The summed E-state index contributed by atoms with van der Waals surface area (Å²) in [5.41, 5.74) is 2.26. The van der Waals surface area contributed by atoms with Crippen molar-refractivity contribution in [1.29, 1.82) is 5.26 Å². The molecule has 0 amide bonds. The van der Waals surface area contributed by atoms with Gasteiger partial charge in [-0.05, 0) is 42.4 Å². The zero-order valence-corrected chi connectivity index (χ0v) is 9.49. The molecule has 0 aromatic heterocycles. The number of rotatable bonds is 1. The molecule has 3 rings (SSSR count). The van der Waals surface area contributed by atoms with Gasteiger partial charge in [-0.2, -0.15) is 5.26 Å². The third-order valence-electron chi connectivity index (χ3n) is 3.93. The predicted molar refractivity (Wildman–Crippen MR) is 61.3 cm³/mol. The van der Waals surface area contributed by atoms with Gasteiger partial charge >= 0.3 is 0 Å². The average Bonchev–Trinajstić information content (AvgIpc) is 3.01. The van der Waals surface area contributed by atoms with Crippen molar-refractivity contribution in [3.05, 3.63) is 29.3 Å². The summed E-state index contributed by atoms with van der Waals surface area (Å²) < 4.78 is 5.59. The van der Waals surface area contributed by atoms with Gasteiger partial charge in [-0.3, -0.25) is 0 Å². The SMILES string of the molecule is CC1CC1(C#N)c1ccc2c(c1)CCCO2. The zero-order valence-electron chi connectivity index (χ0n) is 9.49. The van der Waals surface area contributed by atoms with E-state index in [1.165, 1.54) is 11.1 Å². The predicted octanol–water partition coefficient (Wildman–Crippen LogP) is 2.81. The lowest BCUT2D eigenvalue weighted by molar-refractivity contribution is 0.288. The topological polar surface area (TPSA) is 33.0 Å². The molecule has 1 heterocycles. The summed E-state index contributed by atoms with van der Waals surface area (Å²) in [4.78, 5) is 0. The molecule has 1 aromatic carbocycles. The van der Waals surface area contributed by atoms with Gasteiger partial charge in [0.1, 0.15) is 5.75 Å². The second kappa shape index (κ2) is 3.25. The van der Waals surface area contributed by atoms with Gasteiger partial charge in [-0.1, -0.05) is 19.1 Å². The monoisotopic (exact) mass is 213 g/mol. The van der Waals surface area contributed by atoms with E-state index in [-0.39, 0.29) is 5.41 Å². The van der Waals surface area contributed by atoms with Gasteiger partial charge < -0.3 is 4.74 Å². The first-order chi connectivity index (χ1) is 7.76. The summed E-state index contributed by atoms with van der Waals surface area (Å²) in [7, 11) is 0. The molecular weight excluding hydrogens is 198 g/mol. The van der Waals surface area contributed by atoms with E-state index in [1.807, 2.05) is 6.07 Å². The maximum atomic E-state index is 9.30. The molecule has 1 aromatic rings. The van der Waals surface area contributed by atoms with Crippen LogP contribution in [0.3, 0.4) is 0 Å². The first-order valence-corrected chi connectivity index (χ1v) is 5.94. The first kappa shape index (κ1) is 9.72. The minimum absolute atomic E-state index is 0.202. The Morgan fingerprint density at radius 3 is 3.00 bits per heavy atom. The van der Waals surface area contributed by atoms with Gasteiger partial charge in [0.15, 0.2) is 0 Å². The Kier molecular flexibility index (Phi) is 1.97. The Morgan fingerprint density at radius 1 is 1.50 bits per heavy atom. The molecule has 0 bridgehead atoms. The van der Waals surface area contributed by atoms with Gasteiger partial charge in [0.2, 0.25) is 0 Å². The van der Waals surface area contributed by atoms with Crippen molar-refractivity contribution in [2.75, 3.05) is 6.61 Å². The summed E-state index contributed by atoms with van der Waals surface area (Å²) in [6.07, 6.45) is 3.17. The maximum Gasteiger partial charge on any atom is 0.122 e. The molecule has 1 aliphatic heterocycles. The minimum atomic E-state index is -0.202. The Hall–Kier alpha value is -1.49. The van der Waals surface area contributed by atoms with E-state index in [0.717, 1.165) is 31.6 Å². The Morgan fingerprint density at radius 2 is 2.31 bits per heavy atom. The molecule has 2 aliphatic rings. The molecule has 16 heavy (non-hydrogen) atoms. The smallest absolute Gasteiger partial charge is 0.122 e. The summed E-state index contributed by atoms with van der Waals surface area (Å²) >= 11 is 0. The van der Waals surface area contributed by atoms with Crippen molar-refractivity contribution in [2.24, 2.45) is 5.92 Å². The van der Waals surface area contributed by atoms with Crippen LogP contribution in [0.5, 0.6) is 5.75 Å². The molecule has 2 atom stereocenters. The second-order valence-corrected chi connectivity index (χ2v) is 4.96. The molecule has 0 saturated heterocycles. The van der Waals surface area contributed by atoms with Crippen LogP contribution in [0.15, 0.2) is 18.2 Å². The van der Waals surface area contributed by atoms with E-state index in [0.29, 0.717) is 5.92 Å². The van der Waals surface area contributed by atoms with Crippen LogP contribution in [-0.2, 0) is 11.8 Å². The van der Waals surface area contributed by atoms with Crippen LogP contribution in [0.2, 0.25) is 0 Å². The van der Waals surface area contributed by atoms with Crippen molar-refractivity contribution >= 4 is 0 Å².